The molecule has 1 aromatic carbocycles. The third kappa shape index (κ3) is 2.41. The van der Waals surface area contributed by atoms with Crippen molar-refractivity contribution < 1.29 is 9.59 Å². The van der Waals surface area contributed by atoms with E-state index < -0.39 is 17.7 Å². The standard InChI is InChI=1S/C15H23NO2S/c1-14(2)12(17)11(13(18)15(3,4)19-14)9-5-7-10(16)8-6-9/h5-8,11H,16H2,1-4H3,19H4. The van der Waals surface area contributed by atoms with Crippen molar-refractivity contribution in [3.63, 3.8) is 0 Å². The maximum absolute atomic E-state index is 12.6. The van der Waals surface area contributed by atoms with Crippen LogP contribution in [0.2, 0.25) is 0 Å². The Bertz CT molecular complexity index is 506. The Morgan fingerprint density at radius 1 is 0.947 bits per heavy atom. The van der Waals surface area contributed by atoms with Gasteiger partial charge >= 0.3 is 0 Å². The van der Waals surface area contributed by atoms with E-state index in [4.69, 9.17) is 5.73 Å². The fourth-order valence-corrected chi connectivity index (χ4v) is 6.14. The van der Waals surface area contributed by atoms with E-state index in [1.807, 2.05) is 27.7 Å². The topological polar surface area (TPSA) is 60.2 Å². The molecule has 1 heterocycles. The monoisotopic (exact) mass is 281 g/mol. The molecule has 0 atom stereocenters. The van der Waals surface area contributed by atoms with Crippen LogP contribution in [0.5, 0.6) is 0 Å². The van der Waals surface area contributed by atoms with E-state index in [-0.39, 0.29) is 21.1 Å². The molecule has 1 aliphatic heterocycles. The fourth-order valence-electron chi connectivity index (χ4n) is 3.17. The van der Waals surface area contributed by atoms with Gasteiger partial charge in [0.2, 0.25) is 0 Å². The molecule has 0 aliphatic carbocycles. The second-order valence-corrected chi connectivity index (χ2v) is 10.7. The Hall–Kier alpha value is -1.29. The zero-order valence-corrected chi connectivity index (χ0v) is 13.4. The van der Waals surface area contributed by atoms with E-state index in [0.29, 0.717) is 5.69 Å². The first-order valence-corrected chi connectivity index (χ1v) is 8.01. The Kier molecular flexibility index (Phi) is 3.25. The van der Waals surface area contributed by atoms with Crippen LogP contribution in [-0.2, 0) is 9.59 Å². The molecule has 1 fully saturated rings. The smallest absolute Gasteiger partial charge is 0.159 e. The Labute approximate surface area is 117 Å². The molecule has 0 radical (unpaired) electrons. The molecule has 0 saturated carbocycles. The summed E-state index contributed by atoms with van der Waals surface area (Å²) in [4.78, 5) is 25.2. The van der Waals surface area contributed by atoms with Gasteiger partial charge in [0.25, 0.3) is 0 Å². The van der Waals surface area contributed by atoms with Crippen molar-refractivity contribution in [3.05, 3.63) is 29.8 Å². The average Bonchev–Trinajstić information content (AvgIpc) is 2.28. The first-order valence-electron chi connectivity index (χ1n) is 6.59. The van der Waals surface area contributed by atoms with Gasteiger partial charge in [-0.05, 0) is 45.4 Å². The summed E-state index contributed by atoms with van der Waals surface area (Å²) in [6, 6.07) is 7.10. The van der Waals surface area contributed by atoms with E-state index in [1.54, 1.807) is 24.3 Å². The lowest BCUT2D eigenvalue weighted by atomic mass is 9.80. The SMILES string of the molecule is CC1(C)[SH4]C(C)(C)C(=O)C(c2ccc(N)cc2)C1=O. The minimum absolute atomic E-state index is 0.0771. The van der Waals surface area contributed by atoms with Gasteiger partial charge in [-0.15, -0.1) is 0 Å². The number of ketones is 2. The lowest BCUT2D eigenvalue weighted by molar-refractivity contribution is -0.132. The van der Waals surface area contributed by atoms with Crippen LogP contribution >= 0.6 is 11.8 Å². The van der Waals surface area contributed by atoms with Crippen molar-refractivity contribution in [1.82, 2.24) is 0 Å². The molecular formula is C15H23NO2S. The van der Waals surface area contributed by atoms with E-state index in [0.717, 1.165) is 5.56 Å². The first kappa shape index (κ1) is 14.1. The fraction of sp³-hybridized carbons (Fsp3) is 0.467. The van der Waals surface area contributed by atoms with Gasteiger partial charge in [-0.25, -0.2) is 0 Å². The highest BCUT2D eigenvalue weighted by atomic mass is 32.2. The summed E-state index contributed by atoms with van der Waals surface area (Å²) in [5.41, 5.74) is 7.09. The number of nitrogen functional groups attached to an aromatic ring is 1. The van der Waals surface area contributed by atoms with Crippen molar-refractivity contribution in [2.75, 3.05) is 5.73 Å². The molecule has 0 spiro atoms. The molecule has 2 N–H and O–H groups in total. The molecule has 3 nitrogen and oxygen atoms in total. The number of Topliss-reactive ketones (excluding diaryl/α,β-unsaturated/α-hetero) is 2. The van der Waals surface area contributed by atoms with Gasteiger partial charge in [-0.2, -0.15) is 0 Å². The van der Waals surface area contributed by atoms with Gasteiger partial charge in [0, 0.05) is 15.2 Å². The Morgan fingerprint density at radius 2 is 1.37 bits per heavy atom. The molecule has 106 valence electrons. The zero-order chi connectivity index (χ0) is 14.4. The number of anilines is 1. The van der Waals surface area contributed by atoms with Crippen molar-refractivity contribution in [1.29, 1.82) is 0 Å². The van der Waals surface area contributed by atoms with E-state index >= 15 is 0 Å². The van der Waals surface area contributed by atoms with Gasteiger partial charge in [0.1, 0.15) is 5.92 Å². The molecule has 0 amide bonds. The van der Waals surface area contributed by atoms with Crippen molar-refractivity contribution >= 4 is 29.0 Å². The molecule has 4 heteroatoms. The number of hydrogen-bond acceptors (Lipinski definition) is 3. The first-order chi connectivity index (χ1) is 8.65. The second-order valence-electron chi connectivity index (χ2n) is 6.77. The average molecular weight is 281 g/mol. The third-order valence-corrected chi connectivity index (χ3v) is 6.48. The highest BCUT2D eigenvalue weighted by molar-refractivity contribution is 8.03. The minimum atomic E-state index is -0.799. The highest BCUT2D eigenvalue weighted by Crippen LogP contribution is 2.48. The maximum atomic E-state index is 12.6. The Morgan fingerprint density at radius 3 is 1.79 bits per heavy atom. The van der Waals surface area contributed by atoms with Crippen molar-refractivity contribution in [3.8, 4) is 0 Å². The van der Waals surface area contributed by atoms with E-state index in [1.165, 1.54) is 0 Å². The minimum Gasteiger partial charge on any atom is -0.399 e. The lowest BCUT2D eigenvalue weighted by Gasteiger charge is -2.45. The summed E-state index contributed by atoms with van der Waals surface area (Å²) in [6.07, 6.45) is 0. The summed E-state index contributed by atoms with van der Waals surface area (Å²) < 4.78 is -0.660. The van der Waals surface area contributed by atoms with Gasteiger partial charge in [0.15, 0.2) is 11.6 Å². The van der Waals surface area contributed by atoms with Crippen LogP contribution in [0.4, 0.5) is 5.69 Å². The summed E-state index contributed by atoms with van der Waals surface area (Å²) in [5.74, 6) is -0.464. The predicted octanol–water partition coefficient (Wildman–Crippen LogP) is 1.72. The van der Waals surface area contributed by atoms with Crippen LogP contribution in [0.15, 0.2) is 24.3 Å². The summed E-state index contributed by atoms with van der Waals surface area (Å²) in [5, 5.41) is 0. The molecule has 2 rings (SSSR count). The predicted molar refractivity (Wildman–Crippen MR) is 84.9 cm³/mol. The van der Waals surface area contributed by atoms with Gasteiger partial charge < -0.3 is 5.73 Å². The van der Waals surface area contributed by atoms with E-state index in [2.05, 4.69) is 0 Å². The molecule has 1 aliphatic rings. The van der Waals surface area contributed by atoms with Crippen LogP contribution in [0.1, 0.15) is 39.2 Å². The summed E-state index contributed by atoms with van der Waals surface area (Å²) >= 11 is -0.799. The van der Waals surface area contributed by atoms with Gasteiger partial charge in [-0.1, -0.05) is 12.1 Å². The number of carbonyl (C=O) groups is 2. The highest BCUT2D eigenvalue weighted by Gasteiger charge is 2.49. The maximum Gasteiger partial charge on any atom is 0.159 e. The molecule has 19 heavy (non-hydrogen) atoms. The van der Waals surface area contributed by atoms with Crippen LogP contribution in [0.25, 0.3) is 0 Å². The van der Waals surface area contributed by atoms with Gasteiger partial charge in [-0.3, -0.25) is 21.4 Å². The van der Waals surface area contributed by atoms with Crippen LogP contribution in [0, 0.1) is 0 Å². The van der Waals surface area contributed by atoms with Gasteiger partial charge in [0.05, 0.1) is 0 Å². The number of carbonyl (C=O) groups excluding carboxylic acids is 2. The molecule has 0 aromatic heterocycles. The summed E-state index contributed by atoms with van der Waals surface area (Å²) in [7, 11) is 0. The summed E-state index contributed by atoms with van der Waals surface area (Å²) in [6.45, 7) is 7.94. The van der Waals surface area contributed by atoms with Crippen molar-refractivity contribution in [2.24, 2.45) is 0 Å². The molecule has 0 unspecified atom stereocenters. The number of rotatable bonds is 1. The number of hydrogen-bond donors (Lipinski definition) is 1. The largest absolute Gasteiger partial charge is 0.399 e. The Balaban J connectivity index is 2.49. The third-order valence-electron chi connectivity index (χ3n) is 4.01. The zero-order valence-electron chi connectivity index (χ0n) is 12.0. The van der Waals surface area contributed by atoms with E-state index in [9.17, 15) is 9.59 Å². The lowest BCUT2D eigenvalue weighted by Crippen LogP contribution is -2.51. The van der Waals surface area contributed by atoms with Crippen LogP contribution in [0.3, 0.4) is 0 Å². The molecule has 1 saturated heterocycles. The molecular weight excluding hydrogens is 258 g/mol. The second kappa shape index (κ2) is 4.37. The quantitative estimate of drug-likeness (QED) is 0.630. The number of nitrogens with two attached hydrogens (primary N) is 1. The normalized spacial score (nSPS) is 25.8. The molecule has 1 aromatic rings. The van der Waals surface area contributed by atoms with Crippen LogP contribution in [-0.4, -0.2) is 21.1 Å². The van der Waals surface area contributed by atoms with Crippen LogP contribution < -0.4 is 5.73 Å². The molecule has 0 bridgehead atoms. The van der Waals surface area contributed by atoms with Crippen molar-refractivity contribution in [2.45, 2.75) is 43.1 Å². The number of benzene rings is 1.